The maximum atomic E-state index is 13.0. The SMILES string of the molecule is C=C1NC(=O)N[C@H](c2cccc([N+](=O)[O-])c2)[C@@H]1C(=O)c1ccc(Cl)cc1. The maximum absolute atomic E-state index is 13.0. The Balaban J connectivity index is 2.02. The van der Waals surface area contributed by atoms with Crippen LogP contribution in [0.2, 0.25) is 5.02 Å². The Morgan fingerprint density at radius 3 is 2.54 bits per heavy atom. The predicted octanol–water partition coefficient (Wildman–Crippen LogP) is 3.61. The highest BCUT2D eigenvalue weighted by molar-refractivity contribution is 6.30. The number of non-ortho nitro benzene ring substituents is 1. The molecule has 2 aromatic rings. The number of halogens is 1. The summed E-state index contributed by atoms with van der Waals surface area (Å²) in [6.45, 7) is 3.79. The van der Waals surface area contributed by atoms with E-state index in [1.54, 1.807) is 30.3 Å². The number of carbonyl (C=O) groups is 2. The summed E-state index contributed by atoms with van der Waals surface area (Å²) in [6.07, 6.45) is 0. The number of nitro benzene ring substituents is 1. The van der Waals surface area contributed by atoms with Crippen LogP contribution >= 0.6 is 11.6 Å². The predicted molar refractivity (Wildman–Crippen MR) is 95.9 cm³/mol. The number of Topliss-reactive ketones (excluding diaryl/α,β-unsaturated/α-hetero) is 1. The minimum atomic E-state index is -0.823. The first kappa shape index (κ1) is 17.6. The average molecular weight is 372 g/mol. The summed E-state index contributed by atoms with van der Waals surface area (Å²) in [7, 11) is 0. The van der Waals surface area contributed by atoms with Crippen molar-refractivity contribution < 1.29 is 14.5 Å². The third-order valence-electron chi connectivity index (χ3n) is 4.12. The van der Waals surface area contributed by atoms with E-state index in [9.17, 15) is 19.7 Å². The van der Waals surface area contributed by atoms with Crippen LogP contribution in [0.5, 0.6) is 0 Å². The second-order valence-electron chi connectivity index (χ2n) is 5.80. The molecule has 1 heterocycles. The lowest BCUT2D eigenvalue weighted by Gasteiger charge is -2.33. The Morgan fingerprint density at radius 2 is 1.88 bits per heavy atom. The van der Waals surface area contributed by atoms with Crippen molar-refractivity contribution in [1.82, 2.24) is 10.6 Å². The van der Waals surface area contributed by atoms with Gasteiger partial charge in [-0.1, -0.05) is 30.3 Å². The first-order valence-corrected chi connectivity index (χ1v) is 8.05. The standard InChI is InChI=1S/C18H14ClN3O4/c1-10-15(17(23)11-5-7-13(19)8-6-11)16(21-18(24)20-10)12-3-2-4-14(9-12)22(25)26/h2-9,15-16H,1H2,(H2,20,21,24)/t15-,16-/m1/s1. The number of hydrogen-bond donors (Lipinski definition) is 2. The van der Waals surface area contributed by atoms with E-state index >= 15 is 0 Å². The molecule has 0 spiro atoms. The average Bonchev–Trinajstić information content (AvgIpc) is 2.61. The van der Waals surface area contributed by atoms with E-state index in [2.05, 4.69) is 17.2 Å². The van der Waals surface area contributed by atoms with Crippen molar-refractivity contribution in [3.05, 3.63) is 87.1 Å². The van der Waals surface area contributed by atoms with Crippen LogP contribution < -0.4 is 10.6 Å². The van der Waals surface area contributed by atoms with E-state index < -0.39 is 22.9 Å². The van der Waals surface area contributed by atoms with Crippen LogP contribution in [0.4, 0.5) is 10.5 Å². The van der Waals surface area contributed by atoms with Crippen molar-refractivity contribution in [1.29, 1.82) is 0 Å². The van der Waals surface area contributed by atoms with Crippen LogP contribution in [0.25, 0.3) is 0 Å². The molecule has 0 saturated carbocycles. The number of ketones is 1. The Hall–Kier alpha value is -3.19. The first-order valence-electron chi connectivity index (χ1n) is 7.67. The number of nitrogens with zero attached hydrogens (tertiary/aromatic N) is 1. The molecule has 0 unspecified atom stereocenters. The lowest BCUT2D eigenvalue weighted by atomic mass is 9.83. The normalized spacial score (nSPS) is 19.4. The van der Waals surface area contributed by atoms with Crippen molar-refractivity contribution in [2.75, 3.05) is 0 Å². The van der Waals surface area contributed by atoms with E-state index in [1.165, 1.54) is 18.2 Å². The van der Waals surface area contributed by atoms with Gasteiger partial charge >= 0.3 is 6.03 Å². The van der Waals surface area contributed by atoms with Crippen molar-refractivity contribution >= 4 is 29.1 Å². The van der Waals surface area contributed by atoms with E-state index in [0.29, 0.717) is 16.1 Å². The molecule has 1 aliphatic heterocycles. The third-order valence-corrected chi connectivity index (χ3v) is 4.37. The first-order chi connectivity index (χ1) is 12.4. The smallest absolute Gasteiger partial charge is 0.319 e. The van der Waals surface area contributed by atoms with Gasteiger partial charge in [-0.25, -0.2) is 4.79 Å². The lowest BCUT2D eigenvalue weighted by Crippen LogP contribution is -2.50. The molecule has 0 radical (unpaired) electrons. The molecule has 26 heavy (non-hydrogen) atoms. The number of nitrogens with one attached hydrogen (secondary N) is 2. The molecule has 2 N–H and O–H groups in total. The number of benzene rings is 2. The summed E-state index contributed by atoms with van der Waals surface area (Å²) in [5.41, 5.74) is 0.945. The molecule has 1 fully saturated rings. The molecule has 8 heteroatoms. The van der Waals surface area contributed by atoms with Crippen LogP contribution in [0.15, 0.2) is 60.8 Å². The second-order valence-corrected chi connectivity index (χ2v) is 6.24. The maximum Gasteiger partial charge on any atom is 0.319 e. The summed E-state index contributed by atoms with van der Waals surface area (Å²) in [5.74, 6) is -1.11. The summed E-state index contributed by atoms with van der Waals surface area (Å²) in [5, 5.41) is 16.7. The van der Waals surface area contributed by atoms with Crippen LogP contribution in [-0.2, 0) is 0 Å². The van der Waals surface area contributed by atoms with Gasteiger partial charge in [0.05, 0.1) is 16.9 Å². The molecule has 132 valence electrons. The summed E-state index contributed by atoms with van der Waals surface area (Å²) < 4.78 is 0. The summed E-state index contributed by atoms with van der Waals surface area (Å²) in [4.78, 5) is 35.4. The zero-order chi connectivity index (χ0) is 18.8. The summed E-state index contributed by atoms with van der Waals surface area (Å²) >= 11 is 5.86. The van der Waals surface area contributed by atoms with E-state index in [-0.39, 0.29) is 17.2 Å². The number of hydrogen-bond acceptors (Lipinski definition) is 4. The molecule has 2 amide bonds. The Morgan fingerprint density at radius 1 is 1.19 bits per heavy atom. The number of nitro groups is 1. The molecule has 2 atom stereocenters. The van der Waals surface area contributed by atoms with Crippen molar-refractivity contribution in [3.8, 4) is 0 Å². The molecule has 0 aromatic heterocycles. The fourth-order valence-corrected chi connectivity index (χ4v) is 3.02. The van der Waals surface area contributed by atoms with Gasteiger partial charge in [0.2, 0.25) is 0 Å². The van der Waals surface area contributed by atoms with Crippen molar-refractivity contribution in [2.24, 2.45) is 5.92 Å². The highest BCUT2D eigenvalue weighted by Crippen LogP contribution is 2.33. The van der Waals surface area contributed by atoms with Gasteiger partial charge in [-0.3, -0.25) is 14.9 Å². The number of urea groups is 1. The number of carbonyl (C=O) groups excluding carboxylic acids is 2. The fraction of sp³-hybridized carbons (Fsp3) is 0.111. The van der Waals surface area contributed by atoms with Gasteiger partial charge < -0.3 is 10.6 Å². The van der Waals surface area contributed by atoms with Gasteiger partial charge in [-0.2, -0.15) is 0 Å². The summed E-state index contributed by atoms with van der Waals surface area (Å²) in [6, 6.07) is 10.9. The molecule has 3 rings (SSSR count). The molecule has 0 bridgehead atoms. The minimum absolute atomic E-state index is 0.126. The quantitative estimate of drug-likeness (QED) is 0.487. The molecule has 7 nitrogen and oxygen atoms in total. The van der Waals surface area contributed by atoms with Crippen molar-refractivity contribution in [2.45, 2.75) is 6.04 Å². The topological polar surface area (TPSA) is 101 Å². The highest BCUT2D eigenvalue weighted by Gasteiger charge is 2.38. The van der Waals surface area contributed by atoms with Gasteiger partial charge in [0.25, 0.3) is 5.69 Å². The highest BCUT2D eigenvalue weighted by atomic mass is 35.5. The molecular weight excluding hydrogens is 358 g/mol. The minimum Gasteiger partial charge on any atom is -0.330 e. The van der Waals surface area contributed by atoms with Crippen LogP contribution in [0, 0.1) is 16.0 Å². The molecular formula is C18H14ClN3O4. The molecule has 2 aromatic carbocycles. The van der Waals surface area contributed by atoms with E-state index in [4.69, 9.17) is 11.6 Å². The number of amides is 2. The van der Waals surface area contributed by atoms with Gasteiger partial charge in [0.1, 0.15) is 0 Å². The molecule has 1 saturated heterocycles. The Kier molecular flexibility index (Phi) is 4.73. The molecule has 0 aliphatic carbocycles. The van der Waals surface area contributed by atoms with Crippen LogP contribution in [0.3, 0.4) is 0 Å². The van der Waals surface area contributed by atoms with Crippen LogP contribution in [0.1, 0.15) is 22.0 Å². The van der Waals surface area contributed by atoms with E-state index in [1.807, 2.05) is 0 Å². The fourth-order valence-electron chi connectivity index (χ4n) is 2.90. The van der Waals surface area contributed by atoms with Gasteiger partial charge in [0, 0.05) is 28.4 Å². The van der Waals surface area contributed by atoms with Gasteiger partial charge in [-0.05, 0) is 29.8 Å². The lowest BCUT2D eigenvalue weighted by molar-refractivity contribution is -0.384. The second kappa shape index (κ2) is 6.97. The largest absolute Gasteiger partial charge is 0.330 e. The third kappa shape index (κ3) is 3.43. The molecule has 1 aliphatic rings. The monoisotopic (exact) mass is 371 g/mol. The zero-order valence-electron chi connectivity index (χ0n) is 13.4. The zero-order valence-corrected chi connectivity index (χ0v) is 14.2. The Labute approximate surface area is 153 Å². The van der Waals surface area contributed by atoms with Crippen molar-refractivity contribution in [3.63, 3.8) is 0 Å². The van der Waals surface area contributed by atoms with Gasteiger partial charge in [-0.15, -0.1) is 0 Å². The van der Waals surface area contributed by atoms with Gasteiger partial charge in [0.15, 0.2) is 5.78 Å². The number of rotatable bonds is 4. The van der Waals surface area contributed by atoms with Crippen LogP contribution in [-0.4, -0.2) is 16.7 Å². The Bertz CT molecular complexity index is 911. The van der Waals surface area contributed by atoms with E-state index in [0.717, 1.165) is 0 Å².